The van der Waals surface area contributed by atoms with Crippen molar-refractivity contribution < 1.29 is 4.39 Å². The fraction of sp³-hybridized carbons (Fsp3) is 0.303. The molecule has 234 valence electrons. The van der Waals surface area contributed by atoms with Crippen LogP contribution in [0.25, 0.3) is 27.7 Å². The van der Waals surface area contributed by atoms with Crippen LogP contribution in [0.5, 0.6) is 0 Å². The second-order valence-corrected chi connectivity index (χ2v) is 12.2. The minimum absolute atomic E-state index is 0.0112. The van der Waals surface area contributed by atoms with Gasteiger partial charge in [-0.15, -0.1) is 0 Å². The Bertz CT molecular complexity index is 1980. The van der Waals surface area contributed by atoms with Gasteiger partial charge in [0.25, 0.3) is 11.1 Å². The van der Waals surface area contributed by atoms with Gasteiger partial charge >= 0.3 is 0 Å². The summed E-state index contributed by atoms with van der Waals surface area (Å²) >= 11 is 2.07. The number of rotatable bonds is 6. The number of hydrogen-bond donors (Lipinski definition) is 1. The Morgan fingerprint density at radius 2 is 1.78 bits per heavy atom. The van der Waals surface area contributed by atoms with E-state index in [1.165, 1.54) is 28.0 Å². The number of likely N-dealkylation sites (tertiary alicyclic amines) is 1. The number of nitrogens with one attached hydrogen (secondary N) is 1. The summed E-state index contributed by atoms with van der Waals surface area (Å²) in [5.74, 6) is -0.0225. The fourth-order valence-electron chi connectivity index (χ4n) is 5.33. The summed E-state index contributed by atoms with van der Waals surface area (Å²) in [6.45, 7) is 13.3. The molecule has 0 amide bonds. The molecule has 45 heavy (non-hydrogen) atoms. The molecule has 1 N–H and O–H groups in total. The number of anilines is 2. The van der Waals surface area contributed by atoms with Crippen molar-refractivity contribution in [3.8, 4) is 16.9 Å². The SMILES string of the molecule is Cc1c(-c2cc(Nc3ccc(CN4CCC4)cn3)c(=O)n(C)n2)cccc1-n1ncc2cc(C(C)(C)C)cc(F)c2c1=O.PI. The summed E-state index contributed by atoms with van der Waals surface area (Å²) in [6, 6.07) is 14.2. The van der Waals surface area contributed by atoms with Crippen molar-refractivity contribution in [1.82, 2.24) is 29.4 Å². The highest BCUT2D eigenvalue weighted by molar-refractivity contribution is 14.2. The first-order valence-corrected chi connectivity index (χ1v) is 18.7. The van der Waals surface area contributed by atoms with Gasteiger partial charge in [0.2, 0.25) is 0 Å². The smallest absolute Gasteiger partial charge is 0.290 e. The Balaban J connectivity index is 0.00000196. The van der Waals surface area contributed by atoms with Crippen LogP contribution < -0.4 is 16.4 Å². The number of nitrogens with zero attached hydrogens (tertiary/aromatic N) is 6. The topological polar surface area (TPSA) is 97.9 Å². The maximum atomic E-state index is 15.3. The third kappa shape index (κ3) is 6.85. The highest BCUT2D eigenvalue weighted by Crippen LogP contribution is 2.29. The van der Waals surface area contributed by atoms with Crippen LogP contribution in [0.2, 0.25) is 0 Å². The molecule has 12 heteroatoms. The second-order valence-electron chi connectivity index (χ2n) is 12.2. The largest absolute Gasteiger partial charge is 0.336 e. The van der Waals surface area contributed by atoms with E-state index in [-0.39, 0.29) is 16.4 Å². The molecule has 3 aromatic heterocycles. The third-order valence-electron chi connectivity index (χ3n) is 8.02. The Hall–Kier alpha value is -3.54. The molecule has 0 radical (unpaired) electrons. The lowest BCUT2D eigenvalue weighted by atomic mass is 9.86. The van der Waals surface area contributed by atoms with Gasteiger partial charge in [0.15, 0.2) is 0 Å². The van der Waals surface area contributed by atoms with E-state index < -0.39 is 11.4 Å². The quantitative estimate of drug-likeness (QED) is 0.158. The molecule has 0 saturated carbocycles. The van der Waals surface area contributed by atoms with Crippen molar-refractivity contribution in [2.75, 3.05) is 18.4 Å². The Labute approximate surface area is 276 Å². The molecular weight excluding hydrogens is 703 g/mol. The molecule has 0 bridgehead atoms. The zero-order valence-corrected chi connectivity index (χ0v) is 29.2. The summed E-state index contributed by atoms with van der Waals surface area (Å²) in [5, 5.41) is 12.5. The zero-order valence-electron chi connectivity index (χ0n) is 25.9. The van der Waals surface area contributed by atoms with E-state index >= 15 is 4.39 Å². The molecule has 1 saturated heterocycles. The molecule has 6 rings (SSSR count). The number of aromatic nitrogens is 5. The predicted octanol–water partition coefficient (Wildman–Crippen LogP) is 6.45. The van der Waals surface area contributed by atoms with Crippen LogP contribution in [0.4, 0.5) is 15.9 Å². The summed E-state index contributed by atoms with van der Waals surface area (Å²) in [6.07, 6.45) is 4.58. The van der Waals surface area contributed by atoms with Crippen LogP contribution in [0, 0.1) is 12.7 Å². The number of halogens is 2. The van der Waals surface area contributed by atoms with Gasteiger partial charge in [-0.25, -0.2) is 14.1 Å². The minimum atomic E-state index is -0.574. The molecule has 1 atom stereocenters. The van der Waals surface area contributed by atoms with Crippen molar-refractivity contribution in [3.63, 3.8) is 0 Å². The molecule has 0 spiro atoms. The lowest BCUT2D eigenvalue weighted by Crippen LogP contribution is -2.36. The molecule has 5 aromatic rings. The van der Waals surface area contributed by atoms with Crippen molar-refractivity contribution >= 4 is 51.2 Å². The van der Waals surface area contributed by atoms with Crippen LogP contribution in [-0.4, -0.2) is 42.5 Å². The van der Waals surface area contributed by atoms with E-state index in [2.05, 4.69) is 54.3 Å². The molecule has 1 aliphatic rings. The van der Waals surface area contributed by atoms with Crippen LogP contribution in [-0.2, 0) is 19.0 Å². The van der Waals surface area contributed by atoms with Crippen LogP contribution in [0.3, 0.4) is 0 Å². The Morgan fingerprint density at radius 3 is 2.42 bits per heavy atom. The first-order valence-electron chi connectivity index (χ1n) is 14.6. The first-order chi connectivity index (χ1) is 21.5. The summed E-state index contributed by atoms with van der Waals surface area (Å²) in [4.78, 5) is 33.4. The van der Waals surface area contributed by atoms with Gasteiger partial charge in [-0.3, -0.25) is 14.5 Å². The van der Waals surface area contributed by atoms with E-state index in [9.17, 15) is 9.59 Å². The van der Waals surface area contributed by atoms with E-state index in [0.29, 0.717) is 39.4 Å². The van der Waals surface area contributed by atoms with Gasteiger partial charge in [-0.05, 0) is 78.9 Å². The van der Waals surface area contributed by atoms with E-state index in [1.54, 1.807) is 25.2 Å². The Morgan fingerprint density at radius 1 is 1.02 bits per heavy atom. The number of benzene rings is 2. The zero-order chi connectivity index (χ0) is 32.5. The molecule has 2 aromatic carbocycles. The molecular formula is C33H36FIN7O2P. The molecule has 1 unspecified atom stereocenters. The lowest BCUT2D eigenvalue weighted by Gasteiger charge is -2.30. The maximum Gasteiger partial charge on any atom is 0.290 e. The molecule has 4 heterocycles. The summed E-state index contributed by atoms with van der Waals surface area (Å²) in [5.41, 5.74) is 3.51. The van der Waals surface area contributed by atoms with Gasteiger partial charge in [0.05, 0.1) is 23.0 Å². The minimum Gasteiger partial charge on any atom is -0.336 e. The van der Waals surface area contributed by atoms with Gasteiger partial charge in [0, 0.05) is 30.7 Å². The molecule has 1 fully saturated rings. The third-order valence-corrected chi connectivity index (χ3v) is 8.02. The van der Waals surface area contributed by atoms with Gasteiger partial charge in [0.1, 0.15) is 17.3 Å². The van der Waals surface area contributed by atoms with Crippen LogP contribution in [0.15, 0.2) is 70.5 Å². The van der Waals surface area contributed by atoms with Crippen molar-refractivity contribution in [2.24, 2.45) is 7.05 Å². The molecule has 0 aliphatic carbocycles. The van der Waals surface area contributed by atoms with Crippen molar-refractivity contribution in [2.45, 2.75) is 46.1 Å². The number of fused-ring (bicyclic) bond motifs is 1. The van der Waals surface area contributed by atoms with Gasteiger partial charge < -0.3 is 5.32 Å². The van der Waals surface area contributed by atoms with E-state index in [0.717, 1.165) is 30.8 Å². The maximum absolute atomic E-state index is 15.3. The predicted molar refractivity (Wildman–Crippen MR) is 190 cm³/mol. The lowest BCUT2D eigenvalue weighted by molar-refractivity contribution is 0.172. The van der Waals surface area contributed by atoms with E-state index in [4.69, 9.17) is 0 Å². The van der Waals surface area contributed by atoms with E-state index in [1.807, 2.05) is 58.2 Å². The first kappa shape index (κ1) is 32.8. The average molecular weight is 740 g/mol. The van der Waals surface area contributed by atoms with Gasteiger partial charge in [-0.2, -0.15) is 14.9 Å². The monoisotopic (exact) mass is 739 g/mol. The second kappa shape index (κ2) is 13.4. The van der Waals surface area contributed by atoms with Crippen LogP contribution in [0.1, 0.15) is 43.9 Å². The number of aryl methyl sites for hydroxylation is 1. The highest BCUT2D eigenvalue weighted by Gasteiger charge is 2.20. The van der Waals surface area contributed by atoms with Crippen molar-refractivity contribution in [1.29, 1.82) is 0 Å². The standard InChI is InChI=1S/C33H34FN7O2.H2IP/c1-20-24(8-6-9-28(20)41-32(43)30-22(18-36-41)14-23(15-25(30)34)33(2,3)4)26-16-27(31(42)39(5)38-26)37-29-11-10-21(17-35-29)19-40-12-7-13-40;1-2/h6,8-11,14-18H,7,12-13,19H2,1-5H3,(H,35,37);2H2. The normalized spacial score (nSPS) is 13.2. The Kier molecular flexibility index (Phi) is 9.81. The van der Waals surface area contributed by atoms with Crippen molar-refractivity contribution in [3.05, 3.63) is 104 Å². The number of pyridine rings is 1. The summed E-state index contributed by atoms with van der Waals surface area (Å²) in [7, 11) is 1.59. The van der Waals surface area contributed by atoms with Gasteiger partial charge in [-0.1, -0.05) is 67.9 Å². The van der Waals surface area contributed by atoms with Crippen LogP contribution >= 0.6 is 28.9 Å². The molecule has 9 nitrogen and oxygen atoms in total. The highest BCUT2D eigenvalue weighted by atomic mass is 127. The number of hydrogen-bond acceptors (Lipinski definition) is 7. The molecule has 1 aliphatic heterocycles. The summed E-state index contributed by atoms with van der Waals surface area (Å²) < 4.78 is 17.8. The average Bonchev–Trinajstić information content (AvgIpc) is 2.99. The fourth-order valence-corrected chi connectivity index (χ4v) is 5.33.